The highest BCUT2D eigenvalue weighted by molar-refractivity contribution is 5.95. The second kappa shape index (κ2) is 7.42. The number of carbonyl (C=O) groups excluding carboxylic acids is 1. The molecule has 0 aliphatic heterocycles. The van der Waals surface area contributed by atoms with Crippen LogP contribution in [0.2, 0.25) is 0 Å². The highest BCUT2D eigenvalue weighted by Crippen LogP contribution is 2.24. The van der Waals surface area contributed by atoms with Crippen molar-refractivity contribution in [3.05, 3.63) is 11.6 Å². The summed E-state index contributed by atoms with van der Waals surface area (Å²) >= 11 is 0. The molecule has 0 spiro atoms. The molecule has 0 saturated carbocycles. The predicted molar refractivity (Wildman–Crippen MR) is 63.9 cm³/mol. The van der Waals surface area contributed by atoms with E-state index >= 15 is 0 Å². The zero-order valence-corrected chi connectivity index (χ0v) is 10.7. The van der Waals surface area contributed by atoms with Crippen molar-refractivity contribution < 1.29 is 14.3 Å². The van der Waals surface area contributed by atoms with Crippen molar-refractivity contribution in [3.63, 3.8) is 0 Å². The molecule has 0 aromatic heterocycles. The van der Waals surface area contributed by atoms with E-state index in [0.29, 0.717) is 25.7 Å². The van der Waals surface area contributed by atoms with Gasteiger partial charge in [-0.1, -0.05) is 27.7 Å². The van der Waals surface area contributed by atoms with E-state index in [9.17, 15) is 14.3 Å². The van der Waals surface area contributed by atoms with Crippen molar-refractivity contribution >= 4 is 5.78 Å². The summed E-state index contributed by atoms with van der Waals surface area (Å²) in [4.78, 5) is 11.7. The number of allylic oxidation sites excluding steroid dienone is 2. The molecule has 94 valence electrons. The summed E-state index contributed by atoms with van der Waals surface area (Å²) in [6.07, 6.45) is 2.51. The van der Waals surface area contributed by atoms with Gasteiger partial charge in [-0.3, -0.25) is 4.79 Å². The molecule has 0 aromatic carbocycles. The first-order valence-electron chi connectivity index (χ1n) is 6.16. The van der Waals surface area contributed by atoms with E-state index in [4.69, 9.17) is 0 Å². The molecule has 0 aromatic rings. The molecule has 0 saturated heterocycles. The average Bonchev–Trinajstić information content (AvgIpc) is 2.30. The summed E-state index contributed by atoms with van der Waals surface area (Å²) in [5.41, 5.74) is 0. The first-order chi connectivity index (χ1) is 7.53. The molecule has 0 aliphatic carbocycles. The van der Waals surface area contributed by atoms with Crippen molar-refractivity contribution in [1.82, 2.24) is 0 Å². The minimum atomic E-state index is -0.928. The standard InChI is InChI=1S/C13H23FO2/c1-5-9(6-2)12(15)11(14)13(16)10(7-3)8-4/h9-10,15H,5-8H2,1-4H3. The molecule has 0 amide bonds. The average molecular weight is 230 g/mol. The number of Topliss-reactive ketones (excluding diaryl/α,β-unsaturated/α-hetero) is 1. The molecule has 0 atom stereocenters. The van der Waals surface area contributed by atoms with Crippen LogP contribution in [-0.2, 0) is 4.79 Å². The third kappa shape index (κ3) is 3.62. The van der Waals surface area contributed by atoms with Crippen LogP contribution in [-0.4, -0.2) is 10.9 Å². The molecule has 3 heteroatoms. The van der Waals surface area contributed by atoms with E-state index in [1.165, 1.54) is 0 Å². The Balaban J connectivity index is 4.92. The number of ketones is 1. The fourth-order valence-corrected chi connectivity index (χ4v) is 1.82. The Morgan fingerprint density at radius 3 is 1.69 bits per heavy atom. The topological polar surface area (TPSA) is 37.3 Å². The Morgan fingerprint density at radius 1 is 1.00 bits per heavy atom. The van der Waals surface area contributed by atoms with Crippen LogP contribution < -0.4 is 0 Å². The minimum absolute atomic E-state index is 0.238. The Hall–Kier alpha value is -0.860. The smallest absolute Gasteiger partial charge is 0.203 e. The van der Waals surface area contributed by atoms with Gasteiger partial charge in [0, 0.05) is 11.8 Å². The molecule has 0 rings (SSSR count). The number of carbonyl (C=O) groups is 1. The largest absolute Gasteiger partial charge is 0.509 e. The second-order valence-electron chi connectivity index (χ2n) is 4.09. The van der Waals surface area contributed by atoms with Crippen LogP contribution in [0.5, 0.6) is 0 Å². The maximum Gasteiger partial charge on any atom is 0.203 e. The molecule has 16 heavy (non-hydrogen) atoms. The summed E-state index contributed by atoms with van der Waals surface area (Å²) in [7, 11) is 0. The third-order valence-electron chi connectivity index (χ3n) is 3.17. The van der Waals surface area contributed by atoms with Crippen LogP contribution in [0.4, 0.5) is 4.39 Å². The van der Waals surface area contributed by atoms with Crippen LogP contribution in [0.1, 0.15) is 53.4 Å². The van der Waals surface area contributed by atoms with E-state index in [1.807, 2.05) is 27.7 Å². The van der Waals surface area contributed by atoms with Gasteiger partial charge in [-0.25, -0.2) is 0 Å². The second-order valence-corrected chi connectivity index (χ2v) is 4.09. The number of hydrogen-bond acceptors (Lipinski definition) is 2. The van der Waals surface area contributed by atoms with E-state index in [0.717, 1.165) is 0 Å². The maximum absolute atomic E-state index is 13.7. The van der Waals surface area contributed by atoms with E-state index in [-0.39, 0.29) is 17.6 Å². The highest BCUT2D eigenvalue weighted by atomic mass is 19.1. The molecule has 2 nitrogen and oxygen atoms in total. The van der Waals surface area contributed by atoms with E-state index in [1.54, 1.807) is 0 Å². The quantitative estimate of drug-likeness (QED) is 0.526. The SMILES string of the molecule is CCC(CC)C(=O)C(F)=C(O)C(CC)CC. The number of hydrogen-bond donors (Lipinski definition) is 1. The van der Waals surface area contributed by atoms with Gasteiger partial charge in [0.25, 0.3) is 0 Å². The van der Waals surface area contributed by atoms with Gasteiger partial charge in [-0.2, -0.15) is 4.39 Å². The van der Waals surface area contributed by atoms with Gasteiger partial charge in [0.1, 0.15) is 5.76 Å². The van der Waals surface area contributed by atoms with Crippen LogP contribution in [0, 0.1) is 11.8 Å². The zero-order chi connectivity index (χ0) is 12.7. The first-order valence-corrected chi connectivity index (χ1v) is 6.16. The summed E-state index contributed by atoms with van der Waals surface area (Å²) in [5, 5.41) is 9.67. The van der Waals surface area contributed by atoms with Gasteiger partial charge in [-0.15, -0.1) is 0 Å². The lowest BCUT2D eigenvalue weighted by Crippen LogP contribution is -2.17. The zero-order valence-electron chi connectivity index (χ0n) is 10.7. The van der Waals surface area contributed by atoms with Crippen LogP contribution in [0.15, 0.2) is 11.6 Å². The minimum Gasteiger partial charge on any atom is -0.509 e. The van der Waals surface area contributed by atoms with Gasteiger partial charge >= 0.3 is 0 Å². The van der Waals surface area contributed by atoms with Crippen molar-refractivity contribution in [3.8, 4) is 0 Å². The molecule has 0 heterocycles. The summed E-state index contributed by atoms with van der Waals surface area (Å²) in [6, 6.07) is 0. The van der Waals surface area contributed by atoms with E-state index in [2.05, 4.69) is 0 Å². The first kappa shape index (κ1) is 15.1. The molecule has 1 N–H and O–H groups in total. The molecule has 0 radical (unpaired) electrons. The van der Waals surface area contributed by atoms with Crippen molar-refractivity contribution in [2.75, 3.05) is 0 Å². The van der Waals surface area contributed by atoms with E-state index < -0.39 is 11.6 Å². The summed E-state index contributed by atoms with van der Waals surface area (Å²) in [6.45, 7) is 7.46. The lowest BCUT2D eigenvalue weighted by atomic mass is 9.93. The molecular weight excluding hydrogens is 207 g/mol. The normalized spacial score (nSPS) is 13.2. The van der Waals surface area contributed by atoms with Crippen LogP contribution in [0.3, 0.4) is 0 Å². The number of aliphatic hydroxyl groups excluding tert-OH is 1. The van der Waals surface area contributed by atoms with Gasteiger partial charge in [-0.05, 0) is 25.7 Å². The Bertz CT molecular complexity index is 251. The monoisotopic (exact) mass is 230 g/mol. The lowest BCUT2D eigenvalue weighted by molar-refractivity contribution is -0.121. The number of aliphatic hydroxyl groups is 1. The van der Waals surface area contributed by atoms with Crippen molar-refractivity contribution in [1.29, 1.82) is 0 Å². The highest BCUT2D eigenvalue weighted by Gasteiger charge is 2.25. The van der Waals surface area contributed by atoms with Gasteiger partial charge in [0.2, 0.25) is 5.83 Å². The van der Waals surface area contributed by atoms with Crippen LogP contribution in [0.25, 0.3) is 0 Å². The number of rotatable bonds is 7. The van der Waals surface area contributed by atoms with Crippen molar-refractivity contribution in [2.45, 2.75) is 53.4 Å². The fraction of sp³-hybridized carbons (Fsp3) is 0.769. The Kier molecular flexibility index (Phi) is 7.02. The molecule has 0 fully saturated rings. The molecule has 0 aliphatic rings. The summed E-state index contributed by atoms with van der Waals surface area (Å²) < 4.78 is 13.7. The lowest BCUT2D eigenvalue weighted by Gasteiger charge is -2.14. The van der Waals surface area contributed by atoms with Gasteiger partial charge in [0.15, 0.2) is 5.78 Å². The van der Waals surface area contributed by atoms with Gasteiger partial charge < -0.3 is 5.11 Å². The summed E-state index contributed by atoms with van der Waals surface area (Å²) in [5.74, 6) is -2.38. The Morgan fingerprint density at radius 2 is 1.38 bits per heavy atom. The van der Waals surface area contributed by atoms with Crippen molar-refractivity contribution in [2.24, 2.45) is 11.8 Å². The number of halogens is 1. The maximum atomic E-state index is 13.7. The molecule has 0 bridgehead atoms. The third-order valence-corrected chi connectivity index (χ3v) is 3.17. The fourth-order valence-electron chi connectivity index (χ4n) is 1.82. The van der Waals surface area contributed by atoms with Crippen LogP contribution >= 0.6 is 0 Å². The Labute approximate surface area is 97.6 Å². The predicted octanol–water partition coefficient (Wildman–Crippen LogP) is 4.17. The molecule has 0 unspecified atom stereocenters. The molecular formula is C13H23FO2. The van der Waals surface area contributed by atoms with Gasteiger partial charge in [0.05, 0.1) is 0 Å².